The van der Waals surface area contributed by atoms with Gasteiger partial charge in [-0.05, 0) is 63.2 Å². The third-order valence-corrected chi connectivity index (χ3v) is 7.85. The summed E-state index contributed by atoms with van der Waals surface area (Å²) in [6.07, 6.45) is 16.1. The van der Waals surface area contributed by atoms with E-state index >= 15 is 0 Å². The number of rotatable bonds is 9. The molecule has 0 spiro atoms. The number of esters is 1. The first kappa shape index (κ1) is 24.5. The number of nitriles is 1. The van der Waals surface area contributed by atoms with Gasteiger partial charge in [-0.25, -0.2) is 0 Å². The standard InChI is InChI=1S/C26H43NO4/c1-3-5-6-8-21-11-15-23(16-12-21)31-25(28)26(17-27)18-29-24(30-19-26)22-13-9-20(7-4-2)10-14-22/h20-24H,3-16,18-19H2,1-2H3/t20?,21?,22?,23?,24-,26+. The molecule has 0 bridgehead atoms. The van der Waals surface area contributed by atoms with E-state index in [9.17, 15) is 10.1 Å². The quantitative estimate of drug-likeness (QED) is 0.322. The zero-order valence-electron chi connectivity index (χ0n) is 19.8. The Labute approximate surface area is 189 Å². The first-order chi connectivity index (χ1) is 15.1. The first-order valence-corrected chi connectivity index (χ1v) is 13.0. The Bertz CT molecular complexity index is 577. The van der Waals surface area contributed by atoms with Crippen LogP contribution in [-0.2, 0) is 19.0 Å². The fraction of sp³-hybridized carbons (Fsp3) is 0.923. The van der Waals surface area contributed by atoms with Gasteiger partial charge in [-0.2, -0.15) is 5.26 Å². The molecule has 1 saturated heterocycles. The van der Waals surface area contributed by atoms with Gasteiger partial charge in [-0.15, -0.1) is 0 Å². The monoisotopic (exact) mass is 433 g/mol. The Morgan fingerprint density at radius 1 is 0.903 bits per heavy atom. The molecule has 0 radical (unpaired) electrons. The highest BCUT2D eigenvalue weighted by molar-refractivity contribution is 5.80. The van der Waals surface area contributed by atoms with Crippen molar-refractivity contribution >= 4 is 5.97 Å². The van der Waals surface area contributed by atoms with Crippen LogP contribution in [0, 0.1) is 34.5 Å². The molecule has 1 aliphatic heterocycles. The van der Waals surface area contributed by atoms with Gasteiger partial charge in [0.2, 0.25) is 5.41 Å². The van der Waals surface area contributed by atoms with Crippen molar-refractivity contribution in [1.82, 2.24) is 0 Å². The molecule has 0 unspecified atom stereocenters. The van der Waals surface area contributed by atoms with E-state index in [-0.39, 0.29) is 25.6 Å². The largest absolute Gasteiger partial charge is 0.461 e. The summed E-state index contributed by atoms with van der Waals surface area (Å²) in [5.41, 5.74) is -1.31. The van der Waals surface area contributed by atoms with E-state index in [1.807, 2.05) is 0 Å². The summed E-state index contributed by atoms with van der Waals surface area (Å²) >= 11 is 0. The average Bonchev–Trinajstić information content (AvgIpc) is 2.81. The molecule has 5 nitrogen and oxygen atoms in total. The smallest absolute Gasteiger partial charge is 0.331 e. The molecular weight excluding hydrogens is 390 g/mol. The Balaban J connectivity index is 1.41. The van der Waals surface area contributed by atoms with E-state index in [1.165, 1.54) is 51.4 Å². The lowest BCUT2D eigenvalue weighted by atomic mass is 9.79. The molecule has 0 aromatic heterocycles. The molecule has 0 aromatic carbocycles. The fourth-order valence-electron chi connectivity index (χ4n) is 5.68. The second kappa shape index (κ2) is 12.2. The zero-order valence-corrected chi connectivity index (χ0v) is 19.8. The van der Waals surface area contributed by atoms with Crippen molar-refractivity contribution in [3.8, 4) is 6.07 Å². The van der Waals surface area contributed by atoms with Crippen molar-refractivity contribution in [1.29, 1.82) is 5.26 Å². The highest BCUT2D eigenvalue weighted by atomic mass is 16.7. The van der Waals surface area contributed by atoms with E-state index < -0.39 is 11.4 Å². The van der Waals surface area contributed by atoms with Crippen molar-refractivity contribution in [2.75, 3.05) is 13.2 Å². The molecule has 176 valence electrons. The molecule has 2 aliphatic carbocycles. The maximum atomic E-state index is 12.9. The molecule has 31 heavy (non-hydrogen) atoms. The predicted molar refractivity (Wildman–Crippen MR) is 120 cm³/mol. The second-order valence-corrected chi connectivity index (χ2v) is 10.3. The third-order valence-electron chi connectivity index (χ3n) is 7.85. The number of unbranched alkanes of at least 4 members (excludes halogenated alkanes) is 2. The molecule has 0 N–H and O–H groups in total. The summed E-state index contributed by atoms with van der Waals surface area (Å²) < 4.78 is 17.7. The van der Waals surface area contributed by atoms with E-state index in [0.29, 0.717) is 5.92 Å². The summed E-state index contributed by atoms with van der Waals surface area (Å²) in [5, 5.41) is 9.78. The van der Waals surface area contributed by atoms with E-state index in [0.717, 1.165) is 50.4 Å². The van der Waals surface area contributed by atoms with Gasteiger partial charge in [0.25, 0.3) is 0 Å². The van der Waals surface area contributed by atoms with Crippen LogP contribution in [0.25, 0.3) is 0 Å². The Kier molecular flexibility index (Phi) is 9.66. The summed E-state index contributed by atoms with van der Waals surface area (Å²) in [6.45, 7) is 4.67. The number of nitrogens with zero attached hydrogens (tertiary/aromatic N) is 1. The SMILES string of the molecule is CCCCCC1CCC(OC(=O)[C@]2(C#N)CO[C@H](C3CCC(CCC)CC3)OC2)CC1. The van der Waals surface area contributed by atoms with Crippen LogP contribution in [0.3, 0.4) is 0 Å². The molecule has 5 heteroatoms. The van der Waals surface area contributed by atoms with Crippen LogP contribution in [0.15, 0.2) is 0 Å². The van der Waals surface area contributed by atoms with Gasteiger partial charge >= 0.3 is 5.97 Å². The van der Waals surface area contributed by atoms with Crippen molar-refractivity contribution in [3.63, 3.8) is 0 Å². The highest BCUT2D eigenvalue weighted by Gasteiger charge is 2.48. The zero-order chi connectivity index (χ0) is 22.1. The number of carbonyl (C=O) groups excluding carboxylic acids is 1. The molecule has 0 aromatic rings. The second-order valence-electron chi connectivity index (χ2n) is 10.3. The molecule has 0 amide bonds. The lowest BCUT2D eigenvalue weighted by Gasteiger charge is -2.40. The summed E-state index contributed by atoms with van der Waals surface area (Å²) in [7, 11) is 0. The molecule has 3 fully saturated rings. The summed E-state index contributed by atoms with van der Waals surface area (Å²) in [5.74, 6) is 1.53. The molecule has 0 atom stereocenters. The van der Waals surface area contributed by atoms with Crippen LogP contribution in [0.2, 0.25) is 0 Å². The number of ether oxygens (including phenoxy) is 3. The Hall–Kier alpha value is -1.12. The van der Waals surface area contributed by atoms with Crippen molar-refractivity contribution < 1.29 is 19.0 Å². The van der Waals surface area contributed by atoms with Gasteiger partial charge in [0.1, 0.15) is 6.10 Å². The van der Waals surface area contributed by atoms with Crippen molar-refractivity contribution in [2.45, 2.75) is 116 Å². The number of hydrogen-bond acceptors (Lipinski definition) is 5. The van der Waals surface area contributed by atoms with Gasteiger partial charge in [0.05, 0.1) is 19.3 Å². The maximum absolute atomic E-state index is 12.9. The van der Waals surface area contributed by atoms with Gasteiger partial charge in [0, 0.05) is 5.92 Å². The predicted octanol–water partition coefficient (Wildman–Crippen LogP) is 6.16. The van der Waals surface area contributed by atoms with E-state index in [2.05, 4.69) is 19.9 Å². The van der Waals surface area contributed by atoms with Gasteiger partial charge in [-0.3, -0.25) is 4.79 Å². The van der Waals surface area contributed by atoms with Gasteiger partial charge in [0.15, 0.2) is 6.29 Å². The summed E-state index contributed by atoms with van der Waals surface area (Å²) in [6, 6.07) is 2.17. The van der Waals surface area contributed by atoms with Crippen molar-refractivity contribution in [2.24, 2.45) is 23.2 Å². The molecule has 1 heterocycles. The lowest BCUT2D eigenvalue weighted by Crippen LogP contribution is -2.50. The minimum absolute atomic E-state index is 0.0632. The first-order valence-electron chi connectivity index (χ1n) is 13.0. The minimum Gasteiger partial charge on any atom is -0.461 e. The van der Waals surface area contributed by atoms with Crippen LogP contribution in [0.5, 0.6) is 0 Å². The van der Waals surface area contributed by atoms with E-state index in [4.69, 9.17) is 14.2 Å². The Morgan fingerprint density at radius 2 is 1.52 bits per heavy atom. The van der Waals surface area contributed by atoms with Crippen molar-refractivity contribution in [3.05, 3.63) is 0 Å². The lowest BCUT2D eigenvalue weighted by molar-refractivity contribution is -0.247. The maximum Gasteiger partial charge on any atom is 0.331 e. The van der Waals surface area contributed by atoms with Crippen LogP contribution in [-0.4, -0.2) is 31.6 Å². The fourth-order valence-corrected chi connectivity index (χ4v) is 5.68. The van der Waals surface area contributed by atoms with Gasteiger partial charge in [-0.1, -0.05) is 52.4 Å². The molecular formula is C26H43NO4. The van der Waals surface area contributed by atoms with Gasteiger partial charge < -0.3 is 14.2 Å². The van der Waals surface area contributed by atoms with Crippen LogP contribution in [0.4, 0.5) is 0 Å². The normalized spacial score (nSPS) is 36.5. The minimum atomic E-state index is -1.31. The molecule has 3 aliphatic rings. The topological polar surface area (TPSA) is 68.6 Å². The number of hydrogen-bond donors (Lipinski definition) is 0. The van der Waals surface area contributed by atoms with Crippen LogP contribution >= 0.6 is 0 Å². The Morgan fingerprint density at radius 3 is 2.10 bits per heavy atom. The third kappa shape index (κ3) is 6.68. The van der Waals surface area contributed by atoms with E-state index in [1.54, 1.807) is 0 Å². The summed E-state index contributed by atoms with van der Waals surface area (Å²) in [4.78, 5) is 12.9. The molecule has 2 saturated carbocycles. The molecule has 3 rings (SSSR count). The highest BCUT2D eigenvalue weighted by Crippen LogP contribution is 2.38. The van der Waals surface area contributed by atoms with Crippen LogP contribution < -0.4 is 0 Å². The van der Waals surface area contributed by atoms with Crippen LogP contribution in [0.1, 0.15) is 104 Å². The number of carbonyl (C=O) groups is 1. The average molecular weight is 434 g/mol.